The Morgan fingerprint density at radius 3 is 2.74 bits per heavy atom. The maximum absolute atomic E-state index is 12.1. The van der Waals surface area contributed by atoms with Crippen molar-refractivity contribution in [1.29, 1.82) is 0 Å². The Labute approximate surface area is 110 Å². The average Bonchev–Trinajstić information content (AvgIpc) is 2.36. The topological polar surface area (TPSA) is 123 Å². The number of amides is 1. The van der Waals surface area contributed by atoms with E-state index >= 15 is 0 Å². The van der Waals surface area contributed by atoms with Gasteiger partial charge in [-0.3, -0.25) is 14.6 Å². The maximum atomic E-state index is 12.1. The Hall–Kier alpha value is -2.03. The Kier molecular flexibility index (Phi) is 3.74. The average molecular weight is 285 g/mol. The molecule has 0 saturated carbocycles. The van der Waals surface area contributed by atoms with Crippen LogP contribution in [0.4, 0.5) is 0 Å². The third-order valence-corrected chi connectivity index (χ3v) is 3.69. The highest BCUT2D eigenvalue weighted by molar-refractivity contribution is 7.99. The van der Waals surface area contributed by atoms with Crippen molar-refractivity contribution in [2.75, 3.05) is 18.1 Å². The molecule has 8 nitrogen and oxygen atoms in total. The SMILES string of the molecule is O=C(O)C1CSCCN1C(=O)c1cc(=O)[nH]c(=O)[nH]1. The highest BCUT2D eigenvalue weighted by Crippen LogP contribution is 2.18. The maximum Gasteiger partial charge on any atom is 0.327 e. The Balaban J connectivity index is 2.33. The zero-order chi connectivity index (χ0) is 14.0. The van der Waals surface area contributed by atoms with Crippen LogP contribution in [-0.2, 0) is 4.79 Å². The summed E-state index contributed by atoms with van der Waals surface area (Å²) in [5.74, 6) is -0.860. The molecule has 1 saturated heterocycles. The summed E-state index contributed by atoms with van der Waals surface area (Å²) in [7, 11) is 0. The number of aromatic nitrogens is 2. The number of rotatable bonds is 2. The first-order valence-electron chi connectivity index (χ1n) is 5.44. The fourth-order valence-corrected chi connectivity index (χ4v) is 2.83. The van der Waals surface area contributed by atoms with Crippen molar-refractivity contribution in [3.63, 3.8) is 0 Å². The molecule has 2 rings (SSSR count). The van der Waals surface area contributed by atoms with E-state index in [1.807, 2.05) is 4.98 Å². The number of nitrogens with one attached hydrogen (secondary N) is 2. The lowest BCUT2D eigenvalue weighted by atomic mass is 10.2. The molecule has 2 heterocycles. The van der Waals surface area contributed by atoms with E-state index in [0.717, 1.165) is 11.0 Å². The van der Waals surface area contributed by atoms with Gasteiger partial charge in [-0.05, 0) is 0 Å². The zero-order valence-electron chi connectivity index (χ0n) is 9.71. The van der Waals surface area contributed by atoms with Gasteiger partial charge in [-0.25, -0.2) is 9.59 Å². The van der Waals surface area contributed by atoms with Crippen LogP contribution in [0.25, 0.3) is 0 Å². The number of hydrogen-bond donors (Lipinski definition) is 3. The van der Waals surface area contributed by atoms with E-state index in [0.29, 0.717) is 5.75 Å². The molecule has 1 aliphatic rings. The Morgan fingerprint density at radius 2 is 2.11 bits per heavy atom. The molecule has 9 heteroatoms. The number of hydrogen-bond acceptors (Lipinski definition) is 5. The molecule has 102 valence electrons. The molecule has 1 amide bonds. The second-order valence-electron chi connectivity index (χ2n) is 3.93. The summed E-state index contributed by atoms with van der Waals surface area (Å²) in [5.41, 5.74) is -1.70. The number of carbonyl (C=O) groups is 2. The first kappa shape index (κ1) is 13.4. The van der Waals surface area contributed by atoms with Gasteiger partial charge in [0.15, 0.2) is 0 Å². The molecule has 1 fully saturated rings. The molecule has 0 spiro atoms. The summed E-state index contributed by atoms with van der Waals surface area (Å²) < 4.78 is 0. The lowest BCUT2D eigenvalue weighted by molar-refractivity contribution is -0.141. The third kappa shape index (κ3) is 2.87. The monoisotopic (exact) mass is 285 g/mol. The number of H-pyrrole nitrogens is 2. The molecule has 1 atom stereocenters. The van der Waals surface area contributed by atoms with Gasteiger partial charge in [-0.15, -0.1) is 0 Å². The fraction of sp³-hybridized carbons (Fsp3) is 0.400. The lowest BCUT2D eigenvalue weighted by Gasteiger charge is -2.32. The second kappa shape index (κ2) is 5.31. The molecule has 0 radical (unpaired) electrons. The summed E-state index contributed by atoms with van der Waals surface area (Å²) in [6, 6.07) is -0.00116. The minimum atomic E-state index is -1.10. The van der Waals surface area contributed by atoms with E-state index in [1.54, 1.807) is 0 Å². The van der Waals surface area contributed by atoms with Gasteiger partial charge in [0, 0.05) is 24.1 Å². The van der Waals surface area contributed by atoms with Crippen molar-refractivity contribution in [1.82, 2.24) is 14.9 Å². The molecule has 1 aromatic rings. The van der Waals surface area contributed by atoms with E-state index < -0.39 is 29.2 Å². The number of carboxylic acid groups (broad SMARTS) is 1. The van der Waals surface area contributed by atoms with Gasteiger partial charge in [0.05, 0.1) is 0 Å². The van der Waals surface area contributed by atoms with E-state index in [-0.39, 0.29) is 18.0 Å². The van der Waals surface area contributed by atoms with E-state index in [9.17, 15) is 19.2 Å². The van der Waals surface area contributed by atoms with Crippen molar-refractivity contribution >= 4 is 23.6 Å². The highest BCUT2D eigenvalue weighted by atomic mass is 32.2. The molecule has 0 aliphatic carbocycles. The largest absolute Gasteiger partial charge is 0.480 e. The van der Waals surface area contributed by atoms with Crippen LogP contribution in [0.15, 0.2) is 15.7 Å². The van der Waals surface area contributed by atoms with Crippen molar-refractivity contribution in [3.8, 4) is 0 Å². The van der Waals surface area contributed by atoms with E-state index in [1.165, 1.54) is 11.8 Å². The van der Waals surface area contributed by atoms with Crippen LogP contribution >= 0.6 is 11.8 Å². The molecule has 19 heavy (non-hydrogen) atoms. The summed E-state index contributed by atoms with van der Waals surface area (Å²) in [6.07, 6.45) is 0. The molecular weight excluding hydrogens is 274 g/mol. The quantitative estimate of drug-likeness (QED) is 0.621. The van der Waals surface area contributed by atoms with Crippen molar-refractivity contribution in [2.45, 2.75) is 6.04 Å². The molecule has 0 aromatic carbocycles. The first-order valence-corrected chi connectivity index (χ1v) is 6.59. The molecular formula is C10H11N3O5S. The van der Waals surface area contributed by atoms with E-state index in [2.05, 4.69) is 4.98 Å². The van der Waals surface area contributed by atoms with Gasteiger partial charge in [-0.1, -0.05) is 0 Å². The van der Waals surface area contributed by atoms with Crippen LogP contribution in [0.2, 0.25) is 0 Å². The van der Waals surface area contributed by atoms with Crippen LogP contribution in [0.3, 0.4) is 0 Å². The number of carboxylic acids is 1. The number of aliphatic carboxylic acids is 1. The smallest absolute Gasteiger partial charge is 0.327 e. The standard InChI is InChI=1S/C10H11N3O5S/c14-7-3-5(11-10(18)12-7)8(15)13-1-2-19-4-6(13)9(16)17/h3,6H,1-2,4H2,(H,16,17)(H2,11,12,14,18). The minimum absolute atomic E-state index is 0.202. The third-order valence-electron chi connectivity index (χ3n) is 2.67. The van der Waals surface area contributed by atoms with Crippen molar-refractivity contribution in [2.24, 2.45) is 0 Å². The molecule has 1 aromatic heterocycles. The van der Waals surface area contributed by atoms with Crippen LogP contribution in [0.5, 0.6) is 0 Å². The number of aromatic amines is 2. The fourth-order valence-electron chi connectivity index (χ4n) is 1.79. The van der Waals surface area contributed by atoms with Gasteiger partial charge in [-0.2, -0.15) is 11.8 Å². The summed E-state index contributed by atoms with van der Waals surface area (Å²) >= 11 is 1.44. The lowest BCUT2D eigenvalue weighted by Crippen LogP contribution is -2.51. The Morgan fingerprint density at radius 1 is 1.37 bits per heavy atom. The van der Waals surface area contributed by atoms with Crippen LogP contribution < -0.4 is 11.2 Å². The molecule has 1 unspecified atom stereocenters. The highest BCUT2D eigenvalue weighted by Gasteiger charge is 2.33. The normalized spacial score (nSPS) is 19.2. The molecule has 0 bridgehead atoms. The number of carbonyl (C=O) groups excluding carboxylic acids is 1. The van der Waals surface area contributed by atoms with Crippen molar-refractivity contribution < 1.29 is 14.7 Å². The predicted octanol–water partition coefficient (Wildman–Crippen LogP) is -1.29. The Bertz CT molecular complexity index is 594. The van der Waals surface area contributed by atoms with Crippen molar-refractivity contribution in [3.05, 3.63) is 32.6 Å². The minimum Gasteiger partial charge on any atom is -0.480 e. The van der Waals surface area contributed by atoms with Crippen LogP contribution in [-0.4, -0.2) is 55.9 Å². The van der Waals surface area contributed by atoms with Gasteiger partial charge < -0.3 is 15.0 Å². The van der Waals surface area contributed by atoms with Gasteiger partial charge in [0.1, 0.15) is 11.7 Å². The summed E-state index contributed by atoms with van der Waals surface area (Å²) in [5, 5.41) is 9.07. The predicted molar refractivity (Wildman–Crippen MR) is 67.5 cm³/mol. The van der Waals surface area contributed by atoms with Gasteiger partial charge in [0.25, 0.3) is 11.5 Å². The van der Waals surface area contributed by atoms with Crippen LogP contribution in [0, 0.1) is 0 Å². The summed E-state index contributed by atoms with van der Waals surface area (Å²) in [6.45, 7) is 0.259. The van der Waals surface area contributed by atoms with Gasteiger partial charge >= 0.3 is 11.7 Å². The van der Waals surface area contributed by atoms with E-state index in [4.69, 9.17) is 5.11 Å². The second-order valence-corrected chi connectivity index (χ2v) is 5.08. The summed E-state index contributed by atoms with van der Waals surface area (Å²) in [4.78, 5) is 50.8. The zero-order valence-corrected chi connectivity index (χ0v) is 10.5. The number of nitrogens with zero attached hydrogens (tertiary/aromatic N) is 1. The first-order chi connectivity index (χ1) is 8.99. The molecule has 1 aliphatic heterocycles. The van der Waals surface area contributed by atoms with Crippen LogP contribution in [0.1, 0.15) is 10.5 Å². The van der Waals surface area contributed by atoms with Gasteiger partial charge in [0.2, 0.25) is 0 Å². The number of thioether (sulfide) groups is 1. The molecule has 3 N–H and O–H groups in total.